The number of oxime groups is 1. The van der Waals surface area contributed by atoms with Crippen LogP contribution < -0.4 is 14.7 Å². The Balaban J connectivity index is 1.43. The highest BCUT2D eigenvalue weighted by Crippen LogP contribution is 2.34. The number of para-hydroxylation sites is 1. The Hall–Kier alpha value is -3.15. The molecule has 37 heavy (non-hydrogen) atoms. The van der Waals surface area contributed by atoms with Gasteiger partial charge < -0.3 is 24.6 Å². The minimum atomic E-state index is -3.74. The quantitative estimate of drug-likeness (QED) is 0.0780. The number of unbranched alkanes of at least 4 members (excludes halogenated alkanes) is 1. The van der Waals surface area contributed by atoms with Crippen LogP contribution in [0.5, 0.6) is 11.5 Å². The molecule has 1 aromatic heterocycles. The first-order valence-electron chi connectivity index (χ1n) is 11.9. The molecule has 200 valence electrons. The summed E-state index contributed by atoms with van der Waals surface area (Å²) in [5.74, 6) is 1.10. The first kappa shape index (κ1) is 28.4. The van der Waals surface area contributed by atoms with Gasteiger partial charge in [-0.1, -0.05) is 31.1 Å². The van der Waals surface area contributed by atoms with Crippen LogP contribution >= 0.6 is 11.3 Å². The predicted molar refractivity (Wildman–Crippen MR) is 145 cm³/mol. The van der Waals surface area contributed by atoms with E-state index in [0.717, 1.165) is 28.3 Å². The highest BCUT2D eigenvalue weighted by molar-refractivity contribution is 7.86. The molecule has 3 aromatic rings. The third-order valence-electron chi connectivity index (χ3n) is 5.20. The number of hydrogen-bond donors (Lipinski definition) is 2. The van der Waals surface area contributed by atoms with Gasteiger partial charge in [0.25, 0.3) is 0 Å². The van der Waals surface area contributed by atoms with Gasteiger partial charge in [0.05, 0.1) is 29.1 Å². The second kappa shape index (κ2) is 12.9. The molecule has 0 bridgehead atoms. The maximum absolute atomic E-state index is 11.4. The molecule has 0 saturated heterocycles. The van der Waals surface area contributed by atoms with E-state index in [4.69, 9.17) is 24.5 Å². The molecule has 0 fully saturated rings. The summed E-state index contributed by atoms with van der Waals surface area (Å²) in [5, 5.41) is 14.8. The average Bonchev–Trinajstić information content (AvgIpc) is 3.24. The van der Waals surface area contributed by atoms with Gasteiger partial charge in [0, 0.05) is 16.9 Å². The van der Waals surface area contributed by atoms with Crippen molar-refractivity contribution in [2.24, 2.45) is 10.9 Å². The molecule has 1 heterocycles. The summed E-state index contributed by atoms with van der Waals surface area (Å²) in [5.41, 5.74) is 8.24. The topological polar surface area (TPSA) is 133 Å². The molecule has 2 aromatic carbocycles. The number of thiazole rings is 1. The lowest BCUT2D eigenvalue weighted by molar-refractivity contribution is -0.103. The molecule has 0 amide bonds. The maximum Gasteiger partial charge on any atom is 0.306 e. The summed E-state index contributed by atoms with van der Waals surface area (Å²) < 4.78 is 33.6. The van der Waals surface area contributed by atoms with E-state index in [-0.39, 0.29) is 17.1 Å². The van der Waals surface area contributed by atoms with Gasteiger partial charge in [-0.2, -0.15) is 8.42 Å². The number of rotatable bonds is 13. The minimum absolute atomic E-state index is 0.0246. The van der Waals surface area contributed by atoms with Crippen LogP contribution in [-0.4, -0.2) is 43.5 Å². The van der Waals surface area contributed by atoms with Crippen molar-refractivity contribution in [3.05, 3.63) is 64.0 Å². The van der Waals surface area contributed by atoms with E-state index in [1.165, 1.54) is 10.9 Å². The van der Waals surface area contributed by atoms with Gasteiger partial charge in [0.2, 0.25) is 6.29 Å². The average molecular weight is 548 g/mol. The SMILES string of the molecule is Cc1nc(-c2ccc(OCCCCC(O)O/N=C(\N)c3ccccc3OS(C)(=O)=O)cc2)c(C(C)C)s1. The van der Waals surface area contributed by atoms with Crippen LogP contribution in [-0.2, 0) is 15.0 Å². The zero-order chi connectivity index (χ0) is 27.0. The number of hydrogen-bond acceptors (Lipinski definition) is 9. The van der Waals surface area contributed by atoms with Crippen LogP contribution in [0.3, 0.4) is 0 Å². The van der Waals surface area contributed by atoms with Crippen molar-refractivity contribution in [1.29, 1.82) is 0 Å². The summed E-state index contributed by atoms with van der Waals surface area (Å²) in [6.07, 6.45) is 1.43. The molecule has 0 aliphatic carbocycles. The van der Waals surface area contributed by atoms with Gasteiger partial charge in [0.15, 0.2) is 11.6 Å². The number of amidine groups is 1. The maximum atomic E-state index is 11.4. The Labute approximate surface area is 222 Å². The molecule has 1 unspecified atom stereocenters. The van der Waals surface area contributed by atoms with Gasteiger partial charge in [-0.3, -0.25) is 0 Å². The van der Waals surface area contributed by atoms with Gasteiger partial charge in [0.1, 0.15) is 5.75 Å². The first-order valence-corrected chi connectivity index (χ1v) is 14.5. The number of aliphatic hydroxyl groups is 1. The van der Waals surface area contributed by atoms with E-state index in [2.05, 4.69) is 19.0 Å². The molecule has 3 rings (SSSR count). The number of nitrogens with two attached hydrogens (primary N) is 1. The van der Waals surface area contributed by atoms with Gasteiger partial charge >= 0.3 is 10.1 Å². The fraction of sp³-hybridized carbons (Fsp3) is 0.385. The fourth-order valence-corrected chi connectivity index (χ4v) is 4.92. The summed E-state index contributed by atoms with van der Waals surface area (Å²) in [6.45, 7) is 6.86. The Kier molecular flexibility index (Phi) is 9.90. The predicted octanol–water partition coefficient (Wildman–Crippen LogP) is 4.78. The Morgan fingerprint density at radius 1 is 1.14 bits per heavy atom. The van der Waals surface area contributed by atoms with Crippen molar-refractivity contribution >= 4 is 27.3 Å². The molecule has 1 atom stereocenters. The molecule has 9 nitrogen and oxygen atoms in total. The number of aliphatic hydroxyl groups excluding tert-OH is 1. The number of ether oxygens (including phenoxy) is 1. The van der Waals surface area contributed by atoms with Crippen LogP contribution in [0.4, 0.5) is 0 Å². The summed E-state index contributed by atoms with van der Waals surface area (Å²) in [4.78, 5) is 11.0. The second-order valence-corrected chi connectivity index (χ2v) is 11.6. The fourth-order valence-electron chi connectivity index (χ4n) is 3.49. The van der Waals surface area contributed by atoms with E-state index >= 15 is 0 Å². The number of aromatic nitrogens is 1. The number of aryl methyl sites for hydroxylation is 1. The van der Waals surface area contributed by atoms with Crippen molar-refractivity contribution in [1.82, 2.24) is 4.98 Å². The molecular formula is C26H33N3O6S2. The highest BCUT2D eigenvalue weighted by Gasteiger charge is 2.15. The van der Waals surface area contributed by atoms with Crippen molar-refractivity contribution in [2.45, 2.75) is 52.2 Å². The summed E-state index contributed by atoms with van der Waals surface area (Å²) in [6, 6.07) is 14.2. The van der Waals surface area contributed by atoms with Crippen LogP contribution in [0.1, 0.15) is 54.5 Å². The van der Waals surface area contributed by atoms with Crippen LogP contribution in [0.25, 0.3) is 11.3 Å². The van der Waals surface area contributed by atoms with E-state index in [0.29, 0.717) is 31.8 Å². The molecule has 0 spiro atoms. The lowest BCUT2D eigenvalue weighted by Crippen LogP contribution is -2.19. The standard InChI is InChI=1S/C26H33N3O6S2/c1-17(2)25-24(28-18(3)36-25)19-12-14-20(15-13-19)33-16-8-7-11-23(30)34-29-26(27)21-9-5-6-10-22(21)35-37(4,31)32/h5-6,9-10,12-15,17,23,30H,7-8,11,16H2,1-4H3,(H2,27,29). The number of nitrogens with zero attached hydrogens (tertiary/aromatic N) is 2. The Morgan fingerprint density at radius 2 is 1.84 bits per heavy atom. The third kappa shape index (κ3) is 8.73. The van der Waals surface area contributed by atoms with Crippen molar-refractivity contribution in [3.63, 3.8) is 0 Å². The minimum Gasteiger partial charge on any atom is -0.494 e. The second-order valence-electron chi connectivity index (χ2n) is 8.79. The lowest BCUT2D eigenvalue weighted by atomic mass is 10.1. The molecule has 0 saturated carbocycles. The van der Waals surface area contributed by atoms with E-state index in [1.807, 2.05) is 31.2 Å². The van der Waals surface area contributed by atoms with Crippen molar-refractivity contribution < 1.29 is 27.3 Å². The number of benzene rings is 2. The van der Waals surface area contributed by atoms with Crippen LogP contribution in [0, 0.1) is 6.92 Å². The van der Waals surface area contributed by atoms with E-state index in [1.54, 1.807) is 29.5 Å². The van der Waals surface area contributed by atoms with Crippen LogP contribution in [0.2, 0.25) is 0 Å². The van der Waals surface area contributed by atoms with Crippen molar-refractivity contribution in [2.75, 3.05) is 12.9 Å². The van der Waals surface area contributed by atoms with E-state index < -0.39 is 16.4 Å². The van der Waals surface area contributed by atoms with Crippen molar-refractivity contribution in [3.8, 4) is 22.8 Å². The molecule has 11 heteroatoms. The Morgan fingerprint density at radius 3 is 2.51 bits per heavy atom. The molecule has 0 radical (unpaired) electrons. The molecule has 0 aliphatic heterocycles. The lowest BCUT2D eigenvalue weighted by Gasteiger charge is -2.11. The smallest absolute Gasteiger partial charge is 0.306 e. The van der Waals surface area contributed by atoms with Gasteiger partial charge in [-0.15, -0.1) is 11.3 Å². The zero-order valence-electron chi connectivity index (χ0n) is 21.4. The normalized spacial score (nSPS) is 13.0. The zero-order valence-corrected chi connectivity index (χ0v) is 23.0. The summed E-state index contributed by atoms with van der Waals surface area (Å²) in [7, 11) is -3.74. The van der Waals surface area contributed by atoms with Gasteiger partial charge in [-0.05, 0) is 62.1 Å². The molecular weight excluding hydrogens is 514 g/mol. The first-order chi connectivity index (χ1) is 17.5. The van der Waals surface area contributed by atoms with Crippen LogP contribution in [0.15, 0.2) is 53.7 Å². The van der Waals surface area contributed by atoms with Gasteiger partial charge in [-0.25, -0.2) is 4.98 Å². The molecule has 3 N–H and O–H groups in total. The molecule has 0 aliphatic rings. The Bertz CT molecular complexity index is 1300. The monoisotopic (exact) mass is 547 g/mol. The largest absolute Gasteiger partial charge is 0.494 e. The third-order valence-corrected chi connectivity index (χ3v) is 6.96. The summed E-state index contributed by atoms with van der Waals surface area (Å²) >= 11 is 1.73. The highest BCUT2D eigenvalue weighted by atomic mass is 32.2. The van der Waals surface area contributed by atoms with E-state index in [9.17, 15) is 13.5 Å².